The fourth-order valence-corrected chi connectivity index (χ4v) is 16.9. The van der Waals surface area contributed by atoms with E-state index in [0.717, 1.165) is 12.8 Å². The van der Waals surface area contributed by atoms with E-state index in [1.54, 1.807) is 16.7 Å². The molecule has 14 rings (SSSR count). The summed E-state index contributed by atoms with van der Waals surface area (Å²) in [6.45, 7) is 19.7. The minimum Gasteiger partial charge on any atom is -0.334 e. The lowest BCUT2D eigenvalue weighted by atomic mass is 9.30. The van der Waals surface area contributed by atoms with Crippen molar-refractivity contribution >= 4 is 51.5 Å². The summed E-state index contributed by atoms with van der Waals surface area (Å²) in [7, 11) is 0. The predicted octanol–water partition coefficient (Wildman–Crippen LogP) is 16.3. The van der Waals surface area contributed by atoms with Crippen molar-refractivity contribution in [2.24, 2.45) is 5.41 Å². The summed E-state index contributed by atoms with van der Waals surface area (Å²) in [5.74, 6) is 0.212. The van der Waals surface area contributed by atoms with Crippen LogP contribution >= 0.6 is 0 Å². The average Bonchev–Trinajstić information content (AvgIpc) is 3.85. The van der Waals surface area contributed by atoms with Crippen molar-refractivity contribution in [3.8, 4) is 11.1 Å². The number of rotatable bonds is 5. The van der Waals surface area contributed by atoms with Crippen LogP contribution in [0.2, 0.25) is 0 Å². The molecule has 368 valence electrons. The first-order valence-electron chi connectivity index (χ1n) is 28.2. The van der Waals surface area contributed by atoms with Crippen molar-refractivity contribution < 1.29 is 0 Å². The number of hydrogen-bond donors (Lipinski definition) is 0. The van der Waals surface area contributed by atoms with Gasteiger partial charge in [-0.2, -0.15) is 0 Å². The second-order valence-corrected chi connectivity index (χ2v) is 25.9. The molecular formula is C71H71BN2. The van der Waals surface area contributed by atoms with Crippen LogP contribution in [0, 0.1) is 5.41 Å². The molecule has 0 bridgehead atoms. The van der Waals surface area contributed by atoms with Gasteiger partial charge in [-0.05, 0) is 146 Å². The van der Waals surface area contributed by atoms with Crippen molar-refractivity contribution in [3.63, 3.8) is 0 Å². The zero-order valence-electron chi connectivity index (χ0n) is 45.0. The Kier molecular flexibility index (Phi) is 9.93. The fourth-order valence-electron chi connectivity index (χ4n) is 16.9. The third-order valence-corrected chi connectivity index (χ3v) is 20.2. The molecule has 8 aromatic carbocycles. The molecule has 0 radical (unpaired) electrons. The van der Waals surface area contributed by atoms with E-state index in [4.69, 9.17) is 0 Å². The summed E-state index contributed by atoms with van der Waals surface area (Å²) < 4.78 is 0. The molecule has 2 nitrogen and oxygen atoms in total. The SMILES string of the molecule is CC(C)(C)c1ccc(N2c3cc(C(C)(C)C)ccc3B3c4cccc5c4C(c4cc(N6c7ccccc7C7(c8ccccc8)CCCCC67C)cc2c43)C2(C)CCCCC52c2ccccc2)c(-c2ccccc2)c1. The Morgan fingerprint density at radius 1 is 0.473 bits per heavy atom. The zero-order chi connectivity index (χ0) is 50.6. The van der Waals surface area contributed by atoms with E-state index in [0.29, 0.717) is 0 Å². The number of hydrogen-bond acceptors (Lipinski definition) is 2. The van der Waals surface area contributed by atoms with Crippen LogP contribution in [0.4, 0.5) is 28.4 Å². The molecule has 5 unspecified atom stereocenters. The van der Waals surface area contributed by atoms with Gasteiger partial charge in [-0.15, -0.1) is 0 Å². The fraction of sp³-hybridized carbons (Fsp3) is 0.324. The number of fused-ring (bicyclic) bond motifs is 10. The van der Waals surface area contributed by atoms with Gasteiger partial charge < -0.3 is 9.80 Å². The van der Waals surface area contributed by atoms with Gasteiger partial charge in [0.05, 0.1) is 11.2 Å². The molecule has 2 fully saturated rings. The maximum absolute atomic E-state index is 2.89. The molecule has 0 N–H and O–H groups in total. The molecule has 3 aliphatic heterocycles. The zero-order valence-corrected chi connectivity index (χ0v) is 45.0. The van der Waals surface area contributed by atoms with E-state index < -0.39 is 0 Å². The summed E-state index contributed by atoms with van der Waals surface area (Å²) in [6, 6.07) is 72.3. The molecule has 0 amide bonds. The van der Waals surface area contributed by atoms with Gasteiger partial charge >= 0.3 is 0 Å². The maximum Gasteiger partial charge on any atom is 0.247 e. The van der Waals surface area contributed by atoms with Gasteiger partial charge in [0.2, 0.25) is 6.71 Å². The lowest BCUT2D eigenvalue weighted by Gasteiger charge is -2.54. The van der Waals surface area contributed by atoms with Crippen molar-refractivity contribution in [1.82, 2.24) is 0 Å². The molecule has 3 heterocycles. The smallest absolute Gasteiger partial charge is 0.247 e. The third-order valence-electron chi connectivity index (χ3n) is 20.2. The Bertz CT molecular complexity index is 3550. The first-order valence-corrected chi connectivity index (χ1v) is 28.2. The summed E-state index contributed by atoms with van der Waals surface area (Å²) in [5, 5.41) is 0. The number of benzene rings is 8. The van der Waals surface area contributed by atoms with E-state index in [-0.39, 0.29) is 45.2 Å². The van der Waals surface area contributed by atoms with Crippen LogP contribution in [0.25, 0.3) is 11.1 Å². The first-order chi connectivity index (χ1) is 35.7. The van der Waals surface area contributed by atoms with Crippen molar-refractivity contribution in [1.29, 1.82) is 0 Å². The van der Waals surface area contributed by atoms with E-state index >= 15 is 0 Å². The quantitative estimate of drug-likeness (QED) is 0.159. The van der Waals surface area contributed by atoms with Crippen molar-refractivity contribution in [2.75, 3.05) is 9.80 Å². The highest BCUT2D eigenvalue weighted by atomic mass is 15.3. The van der Waals surface area contributed by atoms with Crippen LogP contribution < -0.4 is 26.2 Å². The second kappa shape index (κ2) is 16.0. The molecule has 6 aliphatic rings. The van der Waals surface area contributed by atoms with E-state index in [9.17, 15) is 0 Å². The normalized spacial score (nSPS) is 25.1. The Balaban J connectivity index is 1.14. The van der Waals surface area contributed by atoms with E-state index in [2.05, 4.69) is 247 Å². The molecule has 3 heteroatoms. The van der Waals surface area contributed by atoms with Gasteiger partial charge in [0.1, 0.15) is 0 Å². The molecule has 0 saturated heterocycles. The highest BCUT2D eigenvalue weighted by Crippen LogP contribution is 2.71. The van der Waals surface area contributed by atoms with Crippen molar-refractivity contribution in [3.05, 3.63) is 226 Å². The van der Waals surface area contributed by atoms with Gasteiger partial charge in [-0.25, -0.2) is 0 Å². The van der Waals surface area contributed by atoms with Gasteiger partial charge in [0.25, 0.3) is 0 Å². The lowest BCUT2D eigenvalue weighted by molar-refractivity contribution is 0.109. The van der Waals surface area contributed by atoms with Gasteiger partial charge in [-0.1, -0.05) is 225 Å². The van der Waals surface area contributed by atoms with Gasteiger partial charge in [-0.3, -0.25) is 0 Å². The lowest BCUT2D eigenvalue weighted by Crippen LogP contribution is -2.62. The molecule has 0 aromatic heterocycles. The summed E-state index contributed by atoms with van der Waals surface area (Å²) in [6.07, 6.45) is 9.53. The molecular weight excluding hydrogens is 892 g/mol. The maximum atomic E-state index is 2.89. The minimum absolute atomic E-state index is 0.0279. The molecule has 74 heavy (non-hydrogen) atoms. The highest BCUT2D eigenvalue weighted by molar-refractivity contribution is 6.99. The average molecular weight is 963 g/mol. The van der Waals surface area contributed by atoms with Crippen LogP contribution in [0.1, 0.15) is 157 Å². The summed E-state index contributed by atoms with van der Waals surface area (Å²) >= 11 is 0. The Hall–Kier alpha value is -6.58. The van der Waals surface area contributed by atoms with Crippen molar-refractivity contribution in [2.45, 2.75) is 140 Å². The second-order valence-electron chi connectivity index (χ2n) is 25.9. The number of nitrogens with zero attached hydrogens (tertiary/aromatic N) is 2. The third kappa shape index (κ3) is 6.02. The highest BCUT2D eigenvalue weighted by Gasteiger charge is 2.66. The molecule has 3 aliphatic carbocycles. The Morgan fingerprint density at radius 3 is 1.78 bits per heavy atom. The van der Waals surface area contributed by atoms with Crippen LogP contribution in [-0.2, 0) is 21.7 Å². The molecule has 0 spiro atoms. The van der Waals surface area contributed by atoms with E-state index in [1.807, 2.05) is 0 Å². The first kappa shape index (κ1) is 46.0. The van der Waals surface area contributed by atoms with Gasteiger partial charge in [0.15, 0.2) is 0 Å². The van der Waals surface area contributed by atoms with Crippen LogP contribution in [0.5, 0.6) is 0 Å². The summed E-state index contributed by atoms with van der Waals surface area (Å²) in [4.78, 5) is 5.66. The molecule has 5 atom stereocenters. The number of para-hydroxylation sites is 1. The van der Waals surface area contributed by atoms with E-state index in [1.165, 1.54) is 122 Å². The van der Waals surface area contributed by atoms with Gasteiger partial charge in [0, 0.05) is 45.1 Å². The standard InChI is InChI=1S/C71H71BN2/c1-66(2,3)50-36-38-59(53(43-50)47-25-12-9-13-26-47)73-61-44-51(67(4,5)6)35-37-57(61)72-58-33-24-32-56-63(58)64(68(7)39-20-22-41-70(56,68)48-27-14-10-15-28-48)54-45-52(46-62(73)65(54)72)74-60-34-19-18-31-55(60)71(49-29-16-11-17-30-49)42-23-21-40-69(71,74)8/h9-19,24-38,43-46,64H,20-23,39-42H2,1-8H3. The Labute approximate surface area is 442 Å². The van der Waals surface area contributed by atoms with Crippen LogP contribution in [0.3, 0.4) is 0 Å². The van der Waals surface area contributed by atoms with Crippen LogP contribution in [0.15, 0.2) is 182 Å². The largest absolute Gasteiger partial charge is 0.334 e. The topological polar surface area (TPSA) is 6.48 Å². The number of anilines is 5. The molecule has 8 aromatic rings. The molecule has 2 saturated carbocycles. The Morgan fingerprint density at radius 2 is 1.07 bits per heavy atom. The summed E-state index contributed by atoms with van der Waals surface area (Å²) in [5.41, 5.74) is 24.8. The monoisotopic (exact) mass is 963 g/mol. The predicted molar refractivity (Wildman–Crippen MR) is 313 cm³/mol. The minimum atomic E-state index is -0.215. The van der Waals surface area contributed by atoms with Crippen LogP contribution in [-0.4, -0.2) is 12.3 Å².